The van der Waals surface area contributed by atoms with E-state index in [1.165, 1.54) is 18.2 Å². The molecule has 0 saturated carbocycles. The van der Waals surface area contributed by atoms with Crippen LogP contribution in [0.3, 0.4) is 0 Å². The van der Waals surface area contributed by atoms with Crippen molar-refractivity contribution in [2.45, 2.75) is 11.3 Å². The van der Waals surface area contributed by atoms with E-state index in [2.05, 4.69) is 0 Å². The maximum absolute atomic E-state index is 11.0. The maximum atomic E-state index is 11.0. The minimum Gasteiger partial charge on any atom is -0.492 e. The lowest BCUT2D eigenvalue weighted by Crippen LogP contribution is -2.02. The molecule has 0 unspecified atom stereocenters. The smallest absolute Gasteiger partial charge is 0.261 e. The SMILES string of the molecule is COCCCOc1ccc(S(=O)(=O)Cl)cc1Cl. The van der Waals surface area contributed by atoms with Crippen LogP contribution in [0.15, 0.2) is 23.1 Å². The van der Waals surface area contributed by atoms with Crippen molar-refractivity contribution in [2.75, 3.05) is 20.3 Å². The fourth-order valence-corrected chi connectivity index (χ4v) is 2.21. The molecule has 0 heterocycles. The van der Waals surface area contributed by atoms with E-state index in [4.69, 9.17) is 31.8 Å². The number of rotatable bonds is 6. The Labute approximate surface area is 110 Å². The summed E-state index contributed by atoms with van der Waals surface area (Å²) in [4.78, 5) is -0.0478. The van der Waals surface area contributed by atoms with E-state index in [-0.39, 0.29) is 9.92 Å². The van der Waals surface area contributed by atoms with Gasteiger partial charge in [-0.2, -0.15) is 0 Å². The fraction of sp³-hybridized carbons (Fsp3) is 0.400. The second kappa shape index (κ2) is 6.44. The molecule has 0 saturated heterocycles. The number of benzene rings is 1. The molecule has 0 aliphatic rings. The molecule has 17 heavy (non-hydrogen) atoms. The van der Waals surface area contributed by atoms with E-state index < -0.39 is 9.05 Å². The largest absolute Gasteiger partial charge is 0.492 e. The van der Waals surface area contributed by atoms with Crippen molar-refractivity contribution in [1.82, 2.24) is 0 Å². The Morgan fingerprint density at radius 1 is 1.29 bits per heavy atom. The van der Waals surface area contributed by atoms with Crippen molar-refractivity contribution in [3.05, 3.63) is 23.2 Å². The van der Waals surface area contributed by atoms with Crippen LogP contribution in [-0.2, 0) is 13.8 Å². The molecule has 1 rings (SSSR count). The van der Waals surface area contributed by atoms with Gasteiger partial charge in [0.1, 0.15) is 5.75 Å². The van der Waals surface area contributed by atoms with Crippen LogP contribution in [0.2, 0.25) is 5.02 Å². The van der Waals surface area contributed by atoms with Gasteiger partial charge in [-0.15, -0.1) is 0 Å². The second-order valence-electron chi connectivity index (χ2n) is 3.22. The molecule has 0 atom stereocenters. The predicted octanol–water partition coefficient (Wildman–Crippen LogP) is 2.68. The van der Waals surface area contributed by atoms with Crippen molar-refractivity contribution in [3.8, 4) is 5.75 Å². The molecule has 0 aromatic heterocycles. The third kappa shape index (κ3) is 4.71. The standard InChI is InChI=1S/C10H12Cl2O4S/c1-15-5-2-6-16-10-4-3-8(7-9(10)11)17(12,13)14/h3-4,7H,2,5-6H2,1H3. The average Bonchev–Trinajstić information content (AvgIpc) is 2.24. The Balaban J connectivity index is 2.70. The van der Waals surface area contributed by atoms with Gasteiger partial charge in [-0.3, -0.25) is 0 Å². The Morgan fingerprint density at radius 3 is 2.53 bits per heavy atom. The van der Waals surface area contributed by atoms with Gasteiger partial charge in [0.15, 0.2) is 0 Å². The molecule has 0 bridgehead atoms. The van der Waals surface area contributed by atoms with Crippen molar-refractivity contribution in [3.63, 3.8) is 0 Å². The summed E-state index contributed by atoms with van der Waals surface area (Å²) in [6.07, 6.45) is 0.725. The molecule has 0 aliphatic carbocycles. The lowest BCUT2D eigenvalue weighted by molar-refractivity contribution is 0.172. The van der Waals surface area contributed by atoms with E-state index in [0.717, 1.165) is 6.42 Å². The van der Waals surface area contributed by atoms with Crippen LogP contribution in [0.5, 0.6) is 5.75 Å². The molecular formula is C10H12Cl2O4S. The molecule has 0 amide bonds. The fourth-order valence-electron chi connectivity index (χ4n) is 1.14. The van der Waals surface area contributed by atoms with Gasteiger partial charge in [0.25, 0.3) is 9.05 Å². The molecular weight excluding hydrogens is 287 g/mol. The first kappa shape index (κ1) is 14.6. The summed E-state index contributed by atoms with van der Waals surface area (Å²) >= 11 is 5.87. The molecule has 96 valence electrons. The van der Waals surface area contributed by atoms with Crippen LogP contribution in [0.1, 0.15) is 6.42 Å². The topological polar surface area (TPSA) is 52.6 Å². The van der Waals surface area contributed by atoms with Gasteiger partial charge < -0.3 is 9.47 Å². The van der Waals surface area contributed by atoms with Crippen LogP contribution in [0, 0.1) is 0 Å². The van der Waals surface area contributed by atoms with Gasteiger partial charge in [-0.05, 0) is 18.2 Å². The molecule has 0 spiro atoms. The van der Waals surface area contributed by atoms with Crippen LogP contribution < -0.4 is 4.74 Å². The number of ether oxygens (including phenoxy) is 2. The quantitative estimate of drug-likeness (QED) is 0.598. The zero-order chi connectivity index (χ0) is 12.9. The van der Waals surface area contributed by atoms with Crippen LogP contribution in [0.25, 0.3) is 0 Å². The second-order valence-corrected chi connectivity index (χ2v) is 6.20. The zero-order valence-electron chi connectivity index (χ0n) is 9.15. The van der Waals surface area contributed by atoms with Crippen molar-refractivity contribution >= 4 is 31.3 Å². The van der Waals surface area contributed by atoms with E-state index in [1.807, 2.05) is 0 Å². The molecule has 1 aromatic carbocycles. The van der Waals surface area contributed by atoms with Gasteiger partial charge >= 0.3 is 0 Å². The first-order valence-corrected chi connectivity index (χ1v) is 7.50. The highest BCUT2D eigenvalue weighted by molar-refractivity contribution is 8.13. The summed E-state index contributed by atoms with van der Waals surface area (Å²) < 4.78 is 32.3. The van der Waals surface area contributed by atoms with Crippen LogP contribution in [0.4, 0.5) is 0 Å². The summed E-state index contributed by atoms with van der Waals surface area (Å²) in [6.45, 7) is 1.03. The van der Waals surface area contributed by atoms with Crippen molar-refractivity contribution in [2.24, 2.45) is 0 Å². The van der Waals surface area contributed by atoms with E-state index in [9.17, 15) is 8.42 Å². The Bertz CT molecular complexity index is 473. The first-order valence-electron chi connectivity index (χ1n) is 4.81. The minimum absolute atomic E-state index is 0.0478. The molecule has 0 radical (unpaired) electrons. The third-order valence-corrected chi connectivity index (χ3v) is 3.58. The summed E-state index contributed by atoms with van der Waals surface area (Å²) in [5.74, 6) is 0.423. The van der Waals surface area contributed by atoms with Gasteiger partial charge in [0, 0.05) is 30.8 Å². The molecule has 0 aliphatic heterocycles. The highest BCUT2D eigenvalue weighted by atomic mass is 35.7. The van der Waals surface area contributed by atoms with Gasteiger partial charge in [-0.25, -0.2) is 8.42 Å². The van der Waals surface area contributed by atoms with Gasteiger partial charge in [0.05, 0.1) is 16.5 Å². The molecule has 1 aromatic rings. The van der Waals surface area contributed by atoms with Crippen molar-refractivity contribution < 1.29 is 17.9 Å². The number of methoxy groups -OCH3 is 1. The monoisotopic (exact) mass is 298 g/mol. The number of hydrogen-bond donors (Lipinski definition) is 0. The Kier molecular flexibility index (Phi) is 5.52. The van der Waals surface area contributed by atoms with Gasteiger partial charge in [-0.1, -0.05) is 11.6 Å². The van der Waals surface area contributed by atoms with E-state index in [1.54, 1.807) is 7.11 Å². The molecule has 7 heteroatoms. The first-order chi connectivity index (χ1) is 7.95. The van der Waals surface area contributed by atoms with E-state index in [0.29, 0.717) is 19.0 Å². The lowest BCUT2D eigenvalue weighted by Gasteiger charge is -2.08. The van der Waals surface area contributed by atoms with Gasteiger partial charge in [0.2, 0.25) is 0 Å². The number of halogens is 2. The predicted molar refractivity (Wildman–Crippen MR) is 66.5 cm³/mol. The highest BCUT2D eigenvalue weighted by Crippen LogP contribution is 2.28. The normalized spacial score (nSPS) is 11.5. The van der Waals surface area contributed by atoms with Crippen molar-refractivity contribution in [1.29, 1.82) is 0 Å². The highest BCUT2D eigenvalue weighted by Gasteiger charge is 2.12. The summed E-state index contributed by atoms with van der Waals surface area (Å²) in [5, 5.41) is 0.212. The maximum Gasteiger partial charge on any atom is 0.261 e. The zero-order valence-corrected chi connectivity index (χ0v) is 11.5. The third-order valence-electron chi connectivity index (χ3n) is 1.94. The lowest BCUT2D eigenvalue weighted by atomic mass is 10.3. The van der Waals surface area contributed by atoms with Crippen LogP contribution >= 0.6 is 22.3 Å². The summed E-state index contributed by atoms with van der Waals surface area (Å²) in [7, 11) is 3.03. The molecule has 0 N–H and O–H groups in total. The summed E-state index contributed by atoms with van der Waals surface area (Å²) in [5.41, 5.74) is 0. The Morgan fingerprint density at radius 2 is 2.00 bits per heavy atom. The molecule has 0 fully saturated rings. The Hall–Kier alpha value is -0.490. The summed E-state index contributed by atoms with van der Waals surface area (Å²) in [6, 6.07) is 4.08. The van der Waals surface area contributed by atoms with Crippen LogP contribution in [-0.4, -0.2) is 28.7 Å². The van der Waals surface area contributed by atoms with E-state index >= 15 is 0 Å². The molecule has 4 nitrogen and oxygen atoms in total. The minimum atomic E-state index is -3.76. The number of hydrogen-bond acceptors (Lipinski definition) is 4. The average molecular weight is 299 g/mol.